The number of hydrogen-bond donors (Lipinski definition) is 3. The Hall–Kier alpha value is -1.26. The van der Waals surface area contributed by atoms with E-state index in [4.69, 9.17) is 0 Å². The van der Waals surface area contributed by atoms with Gasteiger partial charge in [0.05, 0.1) is 0 Å². The predicted molar refractivity (Wildman–Crippen MR) is 90.6 cm³/mol. The summed E-state index contributed by atoms with van der Waals surface area (Å²) in [5, 5.41) is 9.42. The van der Waals surface area contributed by atoms with Crippen LogP contribution in [-0.4, -0.2) is 38.0 Å². The molecule has 0 fully saturated rings. The number of nitrogens with zero attached hydrogens (tertiary/aromatic N) is 1. The molecule has 3 N–H and O–H groups in total. The third-order valence-electron chi connectivity index (χ3n) is 3.31. The summed E-state index contributed by atoms with van der Waals surface area (Å²) < 4.78 is 0. The largest absolute Gasteiger partial charge is 0.356 e. The molecular formula is C16H34N4O. The maximum Gasteiger partial charge on any atom is 0.221 e. The van der Waals surface area contributed by atoms with Gasteiger partial charge in [0.15, 0.2) is 5.96 Å². The van der Waals surface area contributed by atoms with Gasteiger partial charge in [0.1, 0.15) is 0 Å². The van der Waals surface area contributed by atoms with E-state index in [0.717, 1.165) is 25.3 Å². The van der Waals surface area contributed by atoms with Gasteiger partial charge in [-0.25, -0.2) is 0 Å². The van der Waals surface area contributed by atoms with Crippen molar-refractivity contribution in [3.63, 3.8) is 0 Å². The fourth-order valence-electron chi connectivity index (χ4n) is 2.02. The Morgan fingerprint density at radius 3 is 2.43 bits per heavy atom. The summed E-state index contributed by atoms with van der Waals surface area (Å²) >= 11 is 0. The molecule has 1 atom stereocenters. The molecule has 0 aromatic heterocycles. The third kappa shape index (κ3) is 12.2. The van der Waals surface area contributed by atoms with Gasteiger partial charge in [0.2, 0.25) is 5.91 Å². The van der Waals surface area contributed by atoms with Crippen LogP contribution in [0.3, 0.4) is 0 Å². The van der Waals surface area contributed by atoms with Gasteiger partial charge in [-0.2, -0.15) is 0 Å². The van der Waals surface area contributed by atoms with Gasteiger partial charge in [0, 0.05) is 32.6 Å². The van der Waals surface area contributed by atoms with E-state index in [1.807, 2.05) is 6.92 Å². The van der Waals surface area contributed by atoms with Crippen LogP contribution in [0.25, 0.3) is 0 Å². The Bertz CT molecular complexity index is 292. The minimum absolute atomic E-state index is 0.0902. The highest BCUT2D eigenvalue weighted by Gasteiger charge is 2.05. The van der Waals surface area contributed by atoms with Crippen LogP contribution >= 0.6 is 0 Å². The average Bonchev–Trinajstić information content (AvgIpc) is 2.48. The van der Waals surface area contributed by atoms with Crippen molar-refractivity contribution in [2.75, 3.05) is 20.1 Å². The molecule has 5 heteroatoms. The first-order chi connectivity index (χ1) is 10.1. The van der Waals surface area contributed by atoms with Crippen LogP contribution in [0.2, 0.25) is 0 Å². The molecule has 0 rings (SSSR count). The molecule has 21 heavy (non-hydrogen) atoms. The summed E-state index contributed by atoms with van der Waals surface area (Å²) in [7, 11) is 1.76. The van der Waals surface area contributed by atoms with Crippen molar-refractivity contribution in [1.29, 1.82) is 0 Å². The van der Waals surface area contributed by atoms with E-state index in [1.54, 1.807) is 7.05 Å². The second-order valence-corrected chi connectivity index (χ2v) is 5.49. The van der Waals surface area contributed by atoms with Crippen molar-refractivity contribution >= 4 is 11.9 Å². The van der Waals surface area contributed by atoms with Crippen molar-refractivity contribution in [2.24, 2.45) is 4.99 Å². The topological polar surface area (TPSA) is 65.5 Å². The van der Waals surface area contributed by atoms with E-state index in [0.29, 0.717) is 19.0 Å². The molecule has 0 aliphatic carbocycles. The number of guanidine groups is 1. The first-order valence-corrected chi connectivity index (χ1v) is 8.37. The Morgan fingerprint density at radius 2 is 1.81 bits per heavy atom. The molecule has 0 spiro atoms. The first-order valence-electron chi connectivity index (χ1n) is 8.37. The Labute approximate surface area is 130 Å². The Morgan fingerprint density at radius 1 is 1.05 bits per heavy atom. The summed E-state index contributed by atoms with van der Waals surface area (Å²) in [6.07, 6.45) is 7.73. The number of hydrogen-bond acceptors (Lipinski definition) is 2. The Balaban J connectivity index is 3.77. The van der Waals surface area contributed by atoms with E-state index >= 15 is 0 Å². The quantitative estimate of drug-likeness (QED) is 0.312. The second kappa shape index (κ2) is 13.7. The molecular weight excluding hydrogens is 264 g/mol. The summed E-state index contributed by atoms with van der Waals surface area (Å²) in [5.74, 6) is 0.869. The fourth-order valence-corrected chi connectivity index (χ4v) is 2.02. The molecule has 0 aromatic carbocycles. The highest BCUT2D eigenvalue weighted by Crippen LogP contribution is 2.04. The number of carbonyl (C=O) groups excluding carboxylic acids is 1. The van der Waals surface area contributed by atoms with E-state index in [9.17, 15) is 4.79 Å². The van der Waals surface area contributed by atoms with Crippen molar-refractivity contribution in [3.05, 3.63) is 0 Å². The van der Waals surface area contributed by atoms with Gasteiger partial charge in [-0.3, -0.25) is 9.79 Å². The lowest BCUT2D eigenvalue weighted by Gasteiger charge is -2.17. The minimum Gasteiger partial charge on any atom is -0.356 e. The van der Waals surface area contributed by atoms with Crippen molar-refractivity contribution < 1.29 is 4.79 Å². The number of nitrogens with one attached hydrogen (secondary N) is 3. The zero-order valence-corrected chi connectivity index (χ0v) is 14.3. The molecule has 0 saturated heterocycles. The minimum atomic E-state index is 0.0902. The van der Waals surface area contributed by atoms with Crippen LogP contribution < -0.4 is 16.0 Å². The van der Waals surface area contributed by atoms with Crippen LogP contribution in [0.15, 0.2) is 4.99 Å². The predicted octanol–water partition coefficient (Wildman–Crippen LogP) is 2.43. The molecule has 0 saturated carbocycles. The number of rotatable bonds is 11. The van der Waals surface area contributed by atoms with Gasteiger partial charge in [-0.15, -0.1) is 0 Å². The third-order valence-corrected chi connectivity index (χ3v) is 3.31. The zero-order valence-electron chi connectivity index (χ0n) is 14.3. The van der Waals surface area contributed by atoms with Crippen molar-refractivity contribution in [3.8, 4) is 0 Å². The van der Waals surface area contributed by atoms with E-state index in [1.165, 1.54) is 25.7 Å². The monoisotopic (exact) mass is 298 g/mol. The standard InChI is InChI=1S/C16H34N4O/c1-5-7-8-9-10-14(3)20-16(17-4)19-13-11-15(21)18-12-6-2/h14H,5-13H2,1-4H3,(H,18,21)(H2,17,19,20). The molecule has 0 aliphatic rings. The summed E-state index contributed by atoms with van der Waals surface area (Å²) in [6, 6.07) is 0.405. The molecule has 0 aliphatic heterocycles. The molecule has 1 amide bonds. The van der Waals surface area contributed by atoms with Crippen molar-refractivity contribution in [1.82, 2.24) is 16.0 Å². The number of unbranched alkanes of at least 4 members (excludes halogenated alkanes) is 3. The fraction of sp³-hybridized carbons (Fsp3) is 0.875. The van der Waals surface area contributed by atoms with Crippen LogP contribution in [0.5, 0.6) is 0 Å². The van der Waals surface area contributed by atoms with Crippen molar-refractivity contribution in [2.45, 2.75) is 71.8 Å². The average molecular weight is 298 g/mol. The lowest BCUT2D eigenvalue weighted by atomic mass is 10.1. The summed E-state index contributed by atoms with van der Waals surface area (Å²) in [4.78, 5) is 15.7. The van der Waals surface area contributed by atoms with Gasteiger partial charge in [0.25, 0.3) is 0 Å². The van der Waals surface area contributed by atoms with E-state index in [2.05, 4.69) is 34.8 Å². The molecule has 0 aromatic rings. The van der Waals surface area contributed by atoms with Gasteiger partial charge >= 0.3 is 0 Å². The normalized spacial score (nSPS) is 12.9. The highest BCUT2D eigenvalue weighted by atomic mass is 16.1. The summed E-state index contributed by atoms with van der Waals surface area (Å²) in [5.41, 5.74) is 0. The maximum atomic E-state index is 11.5. The molecule has 1 unspecified atom stereocenters. The first kappa shape index (κ1) is 19.7. The van der Waals surface area contributed by atoms with E-state index < -0.39 is 0 Å². The maximum absolute atomic E-state index is 11.5. The molecule has 0 heterocycles. The molecule has 0 bridgehead atoms. The number of carbonyl (C=O) groups is 1. The lowest BCUT2D eigenvalue weighted by Crippen LogP contribution is -2.43. The van der Waals surface area contributed by atoms with Gasteiger partial charge in [-0.1, -0.05) is 39.5 Å². The van der Waals surface area contributed by atoms with Crippen LogP contribution in [0.1, 0.15) is 65.7 Å². The zero-order chi connectivity index (χ0) is 15.9. The van der Waals surface area contributed by atoms with E-state index in [-0.39, 0.29) is 5.91 Å². The number of aliphatic imine (C=N–C) groups is 1. The molecule has 5 nitrogen and oxygen atoms in total. The van der Waals surface area contributed by atoms with Crippen LogP contribution in [-0.2, 0) is 4.79 Å². The second-order valence-electron chi connectivity index (χ2n) is 5.49. The molecule has 124 valence electrons. The van der Waals surface area contributed by atoms with Gasteiger partial charge in [-0.05, 0) is 19.8 Å². The number of amides is 1. The lowest BCUT2D eigenvalue weighted by molar-refractivity contribution is -0.120. The summed E-state index contributed by atoms with van der Waals surface area (Å²) in [6.45, 7) is 7.81. The van der Waals surface area contributed by atoms with Gasteiger partial charge < -0.3 is 16.0 Å². The SMILES string of the molecule is CCCCCCC(C)NC(=NC)NCCC(=O)NCCC. The van der Waals surface area contributed by atoms with Crippen LogP contribution in [0, 0.1) is 0 Å². The highest BCUT2D eigenvalue weighted by molar-refractivity contribution is 5.81. The Kier molecular flexibility index (Phi) is 12.9. The van der Waals surface area contributed by atoms with Crippen LogP contribution in [0.4, 0.5) is 0 Å². The smallest absolute Gasteiger partial charge is 0.221 e. The molecule has 0 radical (unpaired) electrons.